The average Bonchev–Trinajstić information content (AvgIpc) is 3.24. The number of nitrogens with one attached hydrogen (secondary N) is 1. The van der Waals surface area contributed by atoms with E-state index in [-0.39, 0.29) is 17.6 Å². The van der Waals surface area contributed by atoms with Gasteiger partial charge in [0.2, 0.25) is 5.91 Å². The Kier molecular flexibility index (Phi) is 4.77. The number of benzene rings is 1. The van der Waals surface area contributed by atoms with Crippen LogP contribution in [0, 0.1) is 17.7 Å². The van der Waals surface area contributed by atoms with Gasteiger partial charge in [-0.05, 0) is 49.4 Å². The van der Waals surface area contributed by atoms with Crippen molar-refractivity contribution >= 4 is 5.91 Å². The molecule has 1 unspecified atom stereocenters. The second-order valence-corrected chi connectivity index (χ2v) is 5.07. The van der Waals surface area contributed by atoms with Gasteiger partial charge in [-0.2, -0.15) is 0 Å². The molecule has 0 aromatic heterocycles. The fourth-order valence-corrected chi connectivity index (χ4v) is 1.98. The van der Waals surface area contributed by atoms with E-state index >= 15 is 0 Å². The zero-order valence-corrected chi connectivity index (χ0v) is 11.2. The minimum Gasteiger partial charge on any atom is -0.494 e. The molecule has 104 valence electrons. The molecule has 0 bridgehead atoms. The van der Waals surface area contributed by atoms with Crippen molar-refractivity contribution in [2.45, 2.75) is 26.2 Å². The summed E-state index contributed by atoms with van der Waals surface area (Å²) in [7, 11) is 0. The summed E-state index contributed by atoms with van der Waals surface area (Å²) in [4.78, 5) is 11.7. The van der Waals surface area contributed by atoms with Crippen molar-refractivity contribution in [2.75, 3.05) is 13.2 Å². The van der Waals surface area contributed by atoms with Crippen LogP contribution in [0.5, 0.6) is 5.75 Å². The molecule has 1 aliphatic carbocycles. The number of rotatable bonds is 7. The van der Waals surface area contributed by atoms with Gasteiger partial charge in [-0.1, -0.05) is 6.92 Å². The first-order chi connectivity index (χ1) is 9.16. The van der Waals surface area contributed by atoms with Crippen molar-refractivity contribution in [3.63, 3.8) is 0 Å². The van der Waals surface area contributed by atoms with Crippen LogP contribution in [0.4, 0.5) is 4.39 Å². The number of amides is 1. The SMILES string of the molecule is CC(C(=O)NCCCOc1ccc(F)cc1)C1CC1. The molecule has 3 nitrogen and oxygen atoms in total. The highest BCUT2D eigenvalue weighted by Gasteiger charge is 2.32. The fourth-order valence-electron chi connectivity index (χ4n) is 1.98. The van der Waals surface area contributed by atoms with Gasteiger partial charge in [0.15, 0.2) is 0 Å². The molecule has 1 N–H and O–H groups in total. The molecule has 19 heavy (non-hydrogen) atoms. The molecule has 1 amide bonds. The van der Waals surface area contributed by atoms with Crippen LogP contribution in [0.2, 0.25) is 0 Å². The van der Waals surface area contributed by atoms with E-state index in [1.54, 1.807) is 12.1 Å². The third-order valence-corrected chi connectivity index (χ3v) is 3.45. The average molecular weight is 265 g/mol. The first-order valence-electron chi connectivity index (χ1n) is 6.83. The Bertz CT molecular complexity index is 415. The third-order valence-electron chi connectivity index (χ3n) is 3.45. The maximum Gasteiger partial charge on any atom is 0.223 e. The van der Waals surface area contributed by atoms with Crippen LogP contribution in [0.3, 0.4) is 0 Å². The molecule has 0 spiro atoms. The van der Waals surface area contributed by atoms with Crippen molar-refractivity contribution in [3.8, 4) is 5.75 Å². The highest BCUT2D eigenvalue weighted by atomic mass is 19.1. The molecule has 4 heteroatoms. The smallest absolute Gasteiger partial charge is 0.223 e. The van der Waals surface area contributed by atoms with Crippen molar-refractivity contribution in [1.82, 2.24) is 5.32 Å². The summed E-state index contributed by atoms with van der Waals surface area (Å²) in [5.74, 6) is 1.26. The minimum atomic E-state index is -0.270. The van der Waals surface area contributed by atoms with Crippen molar-refractivity contribution < 1.29 is 13.9 Å². The van der Waals surface area contributed by atoms with Crippen LogP contribution < -0.4 is 10.1 Å². The lowest BCUT2D eigenvalue weighted by Crippen LogP contribution is -2.31. The lowest BCUT2D eigenvalue weighted by atomic mass is 10.1. The summed E-state index contributed by atoms with van der Waals surface area (Å²) in [5, 5.41) is 2.92. The predicted molar refractivity (Wildman–Crippen MR) is 71.4 cm³/mol. The lowest BCUT2D eigenvalue weighted by Gasteiger charge is -2.11. The van der Waals surface area contributed by atoms with E-state index in [1.165, 1.54) is 25.0 Å². The monoisotopic (exact) mass is 265 g/mol. The molecule has 1 aromatic rings. The van der Waals surface area contributed by atoms with Crippen LogP contribution in [0.1, 0.15) is 26.2 Å². The van der Waals surface area contributed by atoms with Gasteiger partial charge < -0.3 is 10.1 Å². The Morgan fingerprint density at radius 3 is 2.74 bits per heavy atom. The quantitative estimate of drug-likeness (QED) is 0.770. The summed E-state index contributed by atoms with van der Waals surface area (Å²) in [6.07, 6.45) is 3.12. The Labute approximate surface area is 113 Å². The zero-order chi connectivity index (χ0) is 13.7. The van der Waals surface area contributed by atoms with Gasteiger partial charge in [-0.3, -0.25) is 4.79 Å². The molecule has 1 atom stereocenters. The van der Waals surface area contributed by atoms with Gasteiger partial charge in [0.25, 0.3) is 0 Å². The normalized spacial score (nSPS) is 15.9. The van der Waals surface area contributed by atoms with Crippen molar-refractivity contribution in [1.29, 1.82) is 0 Å². The Hall–Kier alpha value is -1.58. The number of hydrogen-bond donors (Lipinski definition) is 1. The van der Waals surface area contributed by atoms with Gasteiger partial charge in [0, 0.05) is 12.5 Å². The fraction of sp³-hybridized carbons (Fsp3) is 0.533. The Balaban J connectivity index is 1.56. The molecular formula is C15H20FNO2. The molecule has 0 radical (unpaired) electrons. The summed E-state index contributed by atoms with van der Waals surface area (Å²) >= 11 is 0. The van der Waals surface area contributed by atoms with E-state index in [2.05, 4.69) is 5.32 Å². The molecular weight excluding hydrogens is 245 g/mol. The number of carbonyl (C=O) groups is 1. The molecule has 1 fully saturated rings. The summed E-state index contributed by atoms with van der Waals surface area (Å²) in [6, 6.07) is 5.94. The summed E-state index contributed by atoms with van der Waals surface area (Å²) in [5.41, 5.74) is 0. The van der Waals surface area contributed by atoms with Crippen LogP contribution >= 0.6 is 0 Å². The van der Waals surface area contributed by atoms with E-state index < -0.39 is 0 Å². The molecule has 1 aliphatic rings. The first kappa shape index (κ1) is 13.8. The van der Waals surface area contributed by atoms with E-state index in [9.17, 15) is 9.18 Å². The topological polar surface area (TPSA) is 38.3 Å². The maximum absolute atomic E-state index is 12.7. The first-order valence-corrected chi connectivity index (χ1v) is 6.83. The van der Waals surface area contributed by atoms with Crippen LogP contribution in [0.25, 0.3) is 0 Å². The van der Waals surface area contributed by atoms with Crippen LogP contribution in [-0.4, -0.2) is 19.1 Å². The van der Waals surface area contributed by atoms with Crippen molar-refractivity contribution in [2.24, 2.45) is 11.8 Å². The molecule has 1 aromatic carbocycles. The van der Waals surface area contributed by atoms with E-state index in [4.69, 9.17) is 4.74 Å². The largest absolute Gasteiger partial charge is 0.494 e. The summed E-state index contributed by atoms with van der Waals surface area (Å²) < 4.78 is 18.1. The second kappa shape index (κ2) is 6.55. The van der Waals surface area contributed by atoms with Gasteiger partial charge >= 0.3 is 0 Å². The molecule has 0 heterocycles. The number of carbonyl (C=O) groups excluding carboxylic acids is 1. The Morgan fingerprint density at radius 2 is 2.11 bits per heavy atom. The van der Waals surface area contributed by atoms with E-state index in [0.717, 1.165) is 6.42 Å². The highest BCUT2D eigenvalue weighted by molar-refractivity contribution is 5.78. The standard InChI is InChI=1S/C15H20FNO2/c1-11(12-3-4-12)15(18)17-9-2-10-19-14-7-5-13(16)6-8-14/h5-8,11-12H,2-4,9-10H2,1H3,(H,17,18). The van der Waals surface area contributed by atoms with E-state index in [1.807, 2.05) is 6.92 Å². The van der Waals surface area contributed by atoms with Gasteiger partial charge in [0.1, 0.15) is 11.6 Å². The summed E-state index contributed by atoms with van der Waals surface area (Å²) in [6.45, 7) is 3.13. The van der Waals surface area contributed by atoms with Crippen LogP contribution in [0.15, 0.2) is 24.3 Å². The lowest BCUT2D eigenvalue weighted by molar-refractivity contribution is -0.125. The molecule has 0 aliphatic heterocycles. The molecule has 2 rings (SSSR count). The second-order valence-electron chi connectivity index (χ2n) is 5.07. The molecule has 0 saturated heterocycles. The van der Waals surface area contributed by atoms with Crippen LogP contribution in [-0.2, 0) is 4.79 Å². The number of ether oxygens (including phenoxy) is 1. The Morgan fingerprint density at radius 1 is 1.42 bits per heavy atom. The number of hydrogen-bond acceptors (Lipinski definition) is 2. The van der Waals surface area contributed by atoms with Crippen molar-refractivity contribution in [3.05, 3.63) is 30.1 Å². The highest BCUT2D eigenvalue weighted by Crippen LogP contribution is 2.36. The number of halogens is 1. The van der Waals surface area contributed by atoms with Gasteiger partial charge in [0.05, 0.1) is 6.61 Å². The van der Waals surface area contributed by atoms with Gasteiger partial charge in [-0.25, -0.2) is 4.39 Å². The van der Waals surface area contributed by atoms with E-state index in [0.29, 0.717) is 24.8 Å². The maximum atomic E-state index is 12.7. The molecule has 1 saturated carbocycles. The minimum absolute atomic E-state index is 0.137. The zero-order valence-electron chi connectivity index (χ0n) is 11.2. The third kappa shape index (κ3) is 4.54. The van der Waals surface area contributed by atoms with Gasteiger partial charge in [-0.15, -0.1) is 0 Å². The predicted octanol–water partition coefficient (Wildman–Crippen LogP) is 2.76.